The predicted molar refractivity (Wildman–Crippen MR) is 96.7 cm³/mol. The molecule has 0 radical (unpaired) electrons. The number of rotatable bonds is 5. The molecule has 0 aromatic heterocycles. The molecule has 0 spiro atoms. The highest BCUT2D eigenvalue weighted by molar-refractivity contribution is 6.07. The normalized spacial score (nSPS) is 19.9. The third-order valence-corrected chi connectivity index (χ3v) is 4.29. The van der Waals surface area contributed by atoms with Crippen molar-refractivity contribution in [3.8, 4) is 5.75 Å². The predicted octanol–water partition coefficient (Wildman–Crippen LogP) is 3.96. The fourth-order valence-corrected chi connectivity index (χ4v) is 2.97. The van der Waals surface area contributed by atoms with Crippen molar-refractivity contribution in [1.82, 2.24) is 0 Å². The molecule has 0 amide bonds. The SMILES string of the molecule is CCC1(O)OC(=O)C(/C=C/c2cccc(F)c2)=C1c1ccccc1OC. The van der Waals surface area contributed by atoms with Crippen molar-refractivity contribution in [3.05, 3.63) is 77.1 Å². The molecule has 0 aliphatic carbocycles. The summed E-state index contributed by atoms with van der Waals surface area (Å²) in [5, 5.41) is 10.9. The number of esters is 1. The Balaban J connectivity index is 2.16. The second kappa shape index (κ2) is 7.14. The molecule has 1 atom stereocenters. The van der Waals surface area contributed by atoms with Gasteiger partial charge in [-0.25, -0.2) is 9.18 Å². The van der Waals surface area contributed by atoms with E-state index in [-0.39, 0.29) is 17.8 Å². The fourth-order valence-electron chi connectivity index (χ4n) is 2.97. The van der Waals surface area contributed by atoms with Crippen LogP contribution in [-0.2, 0) is 9.53 Å². The second-order valence-electron chi connectivity index (χ2n) is 5.90. The van der Waals surface area contributed by atoms with Crippen LogP contribution >= 0.6 is 0 Å². The molecule has 1 heterocycles. The number of methoxy groups -OCH3 is 1. The number of hydrogen-bond donors (Lipinski definition) is 1. The van der Waals surface area contributed by atoms with E-state index in [0.717, 1.165) is 0 Å². The summed E-state index contributed by atoms with van der Waals surface area (Å²) in [6.07, 6.45) is 3.33. The maximum absolute atomic E-state index is 13.4. The maximum atomic E-state index is 13.4. The number of para-hydroxylation sites is 1. The molecule has 2 aromatic carbocycles. The van der Waals surface area contributed by atoms with Crippen molar-refractivity contribution in [2.75, 3.05) is 7.11 Å². The molecule has 26 heavy (non-hydrogen) atoms. The third-order valence-electron chi connectivity index (χ3n) is 4.29. The number of hydrogen-bond acceptors (Lipinski definition) is 4. The average molecular weight is 354 g/mol. The maximum Gasteiger partial charge on any atom is 0.341 e. The topological polar surface area (TPSA) is 55.8 Å². The molecule has 4 nitrogen and oxygen atoms in total. The van der Waals surface area contributed by atoms with Gasteiger partial charge >= 0.3 is 5.97 Å². The van der Waals surface area contributed by atoms with Gasteiger partial charge in [0.05, 0.1) is 12.7 Å². The van der Waals surface area contributed by atoms with E-state index in [9.17, 15) is 14.3 Å². The van der Waals surface area contributed by atoms with Crippen LogP contribution in [0, 0.1) is 5.82 Å². The molecule has 5 heteroatoms. The van der Waals surface area contributed by atoms with Crippen LogP contribution in [0.4, 0.5) is 4.39 Å². The van der Waals surface area contributed by atoms with Gasteiger partial charge in [0.2, 0.25) is 5.79 Å². The lowest BCUT2D eigenvalue weighted by molar-refractivity contribution is -0.176. The van der Waals surface area contributed by atoms with E-state index in [1.165, 1.54) is 25.3 Å². The molecule has 1 aliphatic heterocycles. The van der Waals surface area contributed by atoms with Crippen LogP contribution < -0.4 is 4.74 Å². The fraction of sp³-hybridized carbons (Fsp3) is 0.190. The highest BCUT2D eigenvalue weighted by Crippen LogP contribution is 2.44. The van der Waals surface area contributed by atoms with Crippen molar-refractivity contribution in [2.45, 2.75) is 19.1 Å². The number of carbonyl (C=O) groups is 1. The summed E-state index contributed by atoms with van der Waals surface area (Å²) in [4.78, 5) is 12.4. The lowest BCUT2D eigenvalue weighted by atomic mass is 9.91. The molecule has 0 saturated carbocycles. The summed E-state index contributed by atoms with van der Waals surface area (Å²) in [6.45, 7) is 1.72. The summed E-state index contributed by atoms with van der Waals surface area (Å²) in [7, 11) is 1.52. The molecular weight excluding hydrogens is 335 g/mol. The van der Waals surface area contributed by atoms with E-state index in [1.54, 1.807) is 49.4 Å². The summed E-state index contributed by atoms with van der Waals surface area (Å²) in [6, 6.07) is 13.1. The van der Waals surface area contributed by atoms with Crippen LogP contribution in [0.25, 0.3) is 11.6 Å². The first-order valence-corrected chi connectivity index (χ1v) is 8.26. The first kappa shape index (κ1) is 17.9. The van der Waals surface area contributed by atoms with Gasteiger partial charge in [-0.1, -0.05) is 43.3 Å². The summed E-state index contributed by atoms with van der Waals surface area (Å²) >= 11 is 0. The van der Waals surface area contributed by atoms with Crippen molar-refractivity contribution in [3.63, 3.8) is 0 Å². The zero-order chi connectivity index (χ0) is 18.7. The van der Waals surface area contributed by atoms with Crippen molar-refractivity contribution in [2.24, 2.45) is 0 Å². The average Bonchev–Trinajstić information content (AvgIpc) is 2.90. The monoisotopic (exact) mass is 354 g/mol. The van der Waals surface area contributed by atoms with Crippen molar-refractivity contribution >= 4 is 17.6 Å². The minimum Gasteiger partial charge on any atom is -0.496 e. The summed E-state index contributed by atoms with van der Waals surface area (Å²) in [5.74, 6) is -2.23. The van der Waals surface area contributed by atoms with Gasteiger partial charge in [-0.05, 0) is 29.8 Å². The molecule has 0 fully saturated rings. The van der Waals surface area contributed by atoms with Crippen LogP contribution in [0.1, 0.15) is 24.5 Å². The Labute approximate surface area is 151 Å². The highest BCUT2D eigenvalue weighted by Gasteiger charge is 2.45. The Bertz CT molecular complexity index is 900. The number of ether oxygens (including phenoxy) is 2. The molecule has 1 aliphatic rings. The van der Waals surface area contributed by atoms with Gasteiger partial charge in [0.1, 0.15) is 11.6 Å². The number of halogens is 1. The minimum atomic E-state index is -1.74. The van der Waals surface area contributed by atoms with Gasteiger partial charge in [-0.2, -0.15) is 0 Å². The van der Waals surface area contributed by atoms with Crippen LogP contribution in [0.3, 0.4) is 0 Å². The Hall–Kier alpha value is -2.92. The van der Waals surface area contributed by atoms with E-state index in [0.29, 0.717) is 22.4 Å². The zero-order valence-electron chi connectivity index (χ0n) is 14.5. The van der Waals surface area contributed by atoms with Gasteiger partial charge in [0.15, 0.2) is 0 Å². The lowest BCUT2D eigenvalue weighted by Gasteiger charge is -2.24. The van der Waals surface area contributed by atoms with Crippen LogP contribution in [0.15, 0.2) is 60.2 Å². The smallest absolute Gasteiger partial charge is 0.341 e. The molecular formula is C21H19FO4. The standard InChI is InChI=1S/C21H19FO4/c1-3-21(24)19(16-9-4-5-10-18(16)25-2)17(20(23)26-21)12-11-14-7-6-8-15(22)13-14/h4-13,24H,3H2,1-2H3/b12-11+. The largest absolute Gasteiger partial charge is 0.496 e. The van der Waals surface area contributed by atoms with Crippen LogP contribution in [0.2, 0.25) is 0 Å². The van der Waals surface area contributed by atoms with Crippen LogP contribution in [0.5, 0.6) is 5.75 Å². The molecule has 2 aromatic rings. The first-order chi connectivity index (χ1) is 12.5. The molecule has 3 rings (SSSR count). The Kier molecular flexibility index (Phi) is 4.91. The number of benzene rings is 2. The number of aliphatic hydroxyl groups is 1. The number of carbonyl (C=O) groups excluding carboxylic acids is 1. The molecule has 1 unspecified atom stereocenters. The van der Waals surface area contributed by atoms with Gasteiger partial charge in [0.25, 0.3) is 0 Å². The van der Waals surface area contributed by atoms with Gasteiger partial charge in [-0.15, -0.1) is 0 Å². The molecule has 0 bridgehead atoms. The molecule has 1 N–H and O–H groups in total. The third kappa shape index (κ3) is 3.26. The van der Waals surface area contributed by atoms with E-state index in [4.69, 9.17) is 9.47 Å². The lowest BCUT2D eigenvalue weighted by Crippen LogP contribution is -2.30. The summed E-state index contributed by atoms with van der Waals surface area (Å²) < 4.78 is 24.0. The Morgan fingerprint density at radius 3 is 2.65 bits per heavy atom. The van der Waals surface area contributed by atoms with Crippen molar-refractivity contribution in [1.29, 1.82) is 0 Å². The van der Waals surface area contributed by atoms with Crippen molar-refractivity contribution < 1.29 is 23.8 Å². The quantitative estimate of drug-likeness (QED) is 0.826. The first-order valence-electron chi connectivity index (χ1n) is 8.26. The zero-order valence-corrected chi connectivity index (χ0v) is 14.5. The highest BCUT2D eigenvalue weighted by atomic mass is 19.1. The summed E-state index contributed by atoms with van der Waals surface area (Å²) in [5.41, 5.74) is 1.72. The van der Waals surface area contributed by atoms with Gasteiger partial charge in [-0.3, -0.25) is 0 Å². The van der Waals surface area contributed by atoms with E-state index >= 15 is 0 Å². The Morgan fingerprint density at radius 1 is 1.19 bits per heavy atom. The molecule has 134 valence electrons. The van der Waals surface area contributed by atoms with Gasteiger partial charge < -0.3 is 14.6 Å². The van der Waals surface area contributed by atoms with E-state index in [1.807, 2.05) is 0 Å². The minimum absolute atomic E-state index is 0.184. The Morgan fingerprint density at radius 2 is 1.96 bits per heavy atom. The number of cyclic esters (lactones) is 1. The second-order valence-corrected chi connectivity index (χ2v) is 5.90. The molecule has 0 saturated heterocycles. The van der Waals surface area contributed by atoms with E-state index < -0.39 is 11.8 Å². The van der Waals surface area contributed by atoms with E-state index in [2.05, 4.69) is 0 Å². The van der Waals surface area contributed by atoms with Gasteiger partial charge in [0, 0.05) is 17.6 Å². The van der Waals surface area contributed by atoms with Crippen LogP contribution in [-0.4, -0.2) is 24.0 Å².